The van der Waals surface area contributed by atoms with E-state index in [1.54, 1.807) is 25.1 Å². The number of amides is 1. The summed E-state index contributed by atoms with van der Waals surface area (Å²) in [6.45, 7) is 2.01. The Kier molecular flexibility index (Phi) is 6.07. The minimum Gasteiger partial charge on any atom is -0.495 e. The number of anilines is 1. The minimum absolute atomic E-state index is 0.127. The van der Waals surface area contributed by atoms with Crippen molar-refractivity contribution in [2.45, 2.75) is 26.1 Å². The average Bonchev–Trinajstić information content (AvgIpc) is 2.69. The zero-order chi connectivity index (χ0) is 22.1. The highest BCUT2D eigenvalue weighted by molar-refractivity contribution is 6.32. The third-order valence-corrected chi connectivity index (χ3v) is 4.95. The first-order valence-corrected chi connectivity index (χ1v) is 9.43. The van der Waals surface area contributed by atoms with Gasteiger partial charge in [0, 0.05) is 11.9 Å². The Labute approximate surface area is 176 Å². The fourth-order valence-electron chi connectivity index (χ4n) is 3.21. The van der Waals surface area contributed by atoms with Crippen molar-refractivity contribution in [3.8, 4) is 5.75 Å². The van der Waals surface area contributed by atoms with Crippen molar-refractivity contribution in [2.75, 3.05) is 12.4 Å². The number of alkyl halides is 3. The van der Waals surface area contributed by atoms with Gasteiger partial charge in [0.2, 0.25) is 0 Å². The summed E-state index contributed by atoms with van der Waals surface area (Å²) in [6, 6.07) is 8.40. The summed E-state index contributed by atoms with van der Waals surface area (Å²) in [5, 5.41) is 3.91. The predicted molar refractivity (Wildman–Crippen MR) is 110 cm³/mol. The van der Waals surface area contributed by atoms with Crippen LogP contribution in [0.25, 0.3) is 10.9 Å². The molecule has 0 aliphatic carbocycles. The Morgan fingerprint density at radius 1 is 1.23 bits per heavy atom. The normalized spacial score (nSPS) is 11.5. The fourth-order valence-corrected chi connectivity index (χ4v) is 3.49. The molecule has 9 heteroatoms. The molecule has 0 aliphatic rings. The average molecular weight is 438 g/mol. The molecule has 3 N–H and O–H groups in total. The Hall–Kier alpha value is -3.00. The molecule has 158 valence electrons. The highest BCUT2D eigenvalue weighted by atomic mass is 35.5. The molecule has 5 nitrogen and oxygen atoms in total. The molecule has 0 fully saturated rings. The first kappa shape index (κ1) is 21.7. The van der Waals surface area contributed by atoms with Crippen molar-refractivity contribution in [3.05, 3.63) is 63.8 Å². The third-order valence-electron chi connectivity index (χ3n) is 4.66. The molecule has 0 unspecified atom stereocenters. The number of primary amides is 1. The van der Waals surface area contributed by atoms with Gasteiger partial charge in [-0.2, -0.15) is 13.2 Å². The summed E-state index contributed by atoms with van der Waals surface area (Å²) < 4.78 is 44.5. The van der Waals surface area contributed by atoms with Crippen LogP contribution >= 0.6 is 11.6 Å². The van der Waals surface area contributed by atoms with Gasteiger partial charge in [-0.05, 0) is 36.2 Å². The van der Waals surface area contributed by atoms with E-state index in [9.17, 15) is 18.0 Å². The summed E-state index contributed by atoms with van der Waals surface area (Å²) in [5.74, 6) is -0.197. The number of aryl methyl sites for hydroxylation is 1. The van der Waals surface area contributed by atoms with Crippen LogP contribution in [0.2, 0.25) is 5.02 Å². The van der Waals surface area contributed by atoms with E-state index in [4.69, 9.17) is 22.1 Å². The maximum atomic E-state index is 13.1. The van der Waals surface area contributed by atoms with E-state index < -0.39 is 17.6 Å². The standard InChI is InChI=1S/C21H19ClF3N3O2/c1-3-15-18(20(26)29)19(27-10-11-4-7-17(30-2)14(22)8-11)13-6-5-12(21(23,24)25)9-16(13)28-15/h4-9H,3,10H2,1-2H3,(H2,26,29)(H,27,28). The minimum atomic E-state index is -4.50. The molecule has 30 heavy (non-hydrogen) atoms. The van der Waals surface area contributed by atoms with Crippen LogP contribution in [0, 0.1) is 0 Å². The molecule has 0 saturated carbocycles. The number of nitrogens with two attached hydrogens (primary N) is 1. The number of carbonyl (C=O) groups excluding carboxylic acids is 1. The number of hydrogen-bond acceptors (Lipinski definition) is 4. The smallest absolute Gasteiger partial charge is 0.416 e. The van der Waals surface area contributed by atoms with Gasteiger partial charge >= 0.3 is 6.18 Å². The summed E-state index contributed by atoms with van der Waals surface area (Å²) in [6.07, 6.45) is -4.18. The van der Waals surface area contributed by atoms with Gasteiger partial charge in [-0.15, -0.1) is 0 Å². The zero-order valence-electron chi connectivity index (χ0n) is 16.2. The van der Waals surface area contributed by atoms with Crippen molar-refractivity contribution in [2.24, 2.45) is 5.73 Å². The molecular formula is C21H19ClF3N3O2. The SMILES string of the molecule is CCc1nc2cc(C(F)(F)F)ccc2c(NCc2ccc(OC)c(Cl)c2)c1C(N)=O. The lowest BCUT2D eigenvalue weighted by atomic mass is 10.0. The number of benzene rings is 2. The monoisotopic (exact) mass is 437 g/mol. The number of nitrogens with zero attached hydrogens (tertiary/aromatic N) is 1. The van der Waals surface area contributed by atoms with Crippen molar-refractivity contribution < 1.29 is 22.7 Å². The van der Waals surface area contributed by atoms with Gasteiger partial charge in [-0.3, -0.25) is 9.78 Å². The molecule has 1 aromatic heterocycles. The summed E-state index contributed by atoms with van der Waals surface area (Å²) in [5.41, 5.74) is 6.49. The molecule has 0 spiro atoms. The zero-order valence-corrected chi connectivity index (χ0v) is 17.0. The number of fused-ring (bicyclic) bond motifs is 1. The molecule has 0 atom stereocenters. The fraction of sp³-hybridized carbons (Fsp3) is 0.238. The first-order valence-electron chi connectivity index (χ1n) is 9.05. The number of methoxy groups -OCH3 is 1. The molecule has 1 amide bonds. The second-order valence-electron chi connectivity index (χ2n) is 6.58. The first-order chi connectivity index (χ1) is 14.2. The van der Waals surface area contributed by atoms with Crippen molar-refractivity contribution in [3.63, 3.8) is 0 Å². The third kappa shape index (κ3) is 4.28. The summed E-state index contributed by atoms with van der Waals surface area (Å²) >= 11 is 6.15. The Bertz CT molecular complexity index is 1120. The molecule has 0 radical (unpaired) electrons. The molecule has 3 aromatic rings. The van der Waals surface area contributed by atoms with Crippen LogP contribution in [0.5, 0.6) is 5.75 Å². The van der Waals surface area contributed by atoms with Crippen LogP contribution in [-0.4, -0.2) is 18.0 Å². The summed E-state index contributed by atoms with van der Waals surface area (Å²) in [7, 11) is 1.50. The molecule has 1 heterocycles. The number of rotatable bonds is 6. The lowest BCUT2D eigenvalue weighted by Gasteiger charge is -2.17. The van der Waals surface area contributed by atoms with Gasteiger partial charge in [0.15, 0.2) is 0 Å². The quantitative estimate of drug-likeness (QED) is 0.556. The van der Waals surface area contributed by atoms with E-state index in [2.05, 4.69) is 10.3 Å². The van der Waals surface area contributed by atoms with Crippen LogP contribution in [-0.2, 0) is 19.1 Å². The predicted octanol–water partition coefficient (Wildman–Crippen LogP) is 5.19. The molecular weight excluding hydrogens is 419 g/mol. The van der Waals surface area contributed by atoms with Crippen molar-refractivity contribution >= 4 is 34.1 Å². The van der Waals surface area contributed by atoms with E-state index in [1.807, 2.05) is 0 Å². The van der Waals surface area contributed by atoms with E-state index in [-0.39, 0.29) is 17.6 Å². The maximum Gasteiger partial charge on any atom is 0.416 e. The van der Waals surface area contributed by atoms with E-state index in [1.165, 1.54) is 13.2 Å². The highest BCUT2D eigenvalue weighted by Crippen LogP contribution is 2.35. The van der Waals surface area contributed by atoms with Crippen LogP contribution in [0.1, 0.15) is 34.1 Å². The topological polar surface area (TPSA) is 77.2 Å². The van der Waals surface area contributed by atoms with E-state index in [0.717, 1.165) is 17.7 Å². The number of ether oxygens (including phenoxy) is 1. The number of carbonyl (C=O) groups is 1. The number of aromatic nitrogens is 1. The van der Waals surface area contributed by atoms with E-state index in [0.29, 0.717) is 34.0 Å². The van der Waals surface area contributed by atoms with Crippen molar-refractivity contribution in [1.29, 1.82) is 0 Å². The Balaban J connectivity index is 2.11. The Morgan fingerprint density at radius 3 is 2.53 bits per heavy atom. The van der Waals surface area contributed by atoms with Gasteiger partial charge in [-0.1, -0.05) is 30.7 Å². The number of hydrogen-bond donors (Lipinski definition) is 2. The lowest BCUT2D eigenvalue weighted by molar-refractivity contribution is -0.137. The highest BCUT2D eigenvalue weighted by Gasteiger charge is 2.31. The number of nitrogens with one attached hydrogen (secondary N) is 1. The molecule has 0 aliphatic heterocycles. The van der Waals surface area contributed by atoms with Crippen LogP contribution in [0.3, 0.4) is 0 Å². The van der Waals surface area contributed by atoms with Crippen molar-refractivity contribution in [1.82, 2.24) is 4.98 Å². The molecule has 2 aromatic carbocycles. The number of halogens is 4. The lowest BCUT2D eigenvalue weighted by Crippen LogP contribution is -2.18. The largest absolute Gasteiger partial charge is 0.495 e. The van der Waals surface area contributed by atoms with E-state index >= 15 is 0 Å². The summed E-state index contributed by atoms with van der Waals surface area (Å²) in [4.78, 5) is 16.4. The second-order valence-corrected chi connectivity index (χ2v) is 6.99. The van der Waals surface area contributed by atoms with Gasteiger partial charge in [0.05, 0.1) is 40.2 Å². The Morgan fingerprint density at radius 2 is 1.97 bits per heavy atom. The maximum absolute atomic E-state index is 13.1. The van der Waals surface area contributed by atoms with Gasteiger partial charge in [0.25, 0.3) is 5.91 Å². The van der Waals surface area contributed by atoms with Crippen LogP contribution < -0.4 is 15.8 Å². The van der Waals surface area contributed by atoms with Gasteiger partial charge in [-0.25, -0.2) is 0 Å². The van der Waals surface area contributed by atoms with Crippen LogP contribution in [0.15, 0.2) is 36.4 Å². The second kappa shape index (κ2) is 8.39. The molecule has 0 saturated heterocycles. The van der Waals surface area contributed by atoms with Gasteiger partial charge < -0.3 is 15.8 Å². The van der Waals surface area contributed by atoms with Crippen LogP contribution in [0.4, 0.5) is 18.9 Å². The van der Waals surface area contributed by atoms with Gasteiger partial charge in [0.1, 0.15) is 5.75 Å². The molecule has 0 bridgehead atoms. The number of pyridine rings is 1. The molecule has 3 rings (SSSR count).